The zero-order valence-electron chi connectivity index (χ0n) is 14.4. The first kappa shape index (κ1) is 19.4. The minimum absolute atomic E-state index is 0.0384. The summed E-state index contributed by atoms with van der Waals surface area (Å²) in [5.41, 5.74) is -1.44. The van der Waals surface area contributed by atoms with E-state index in [4.69, 9.17) is 9.47 Å². The van der Waals surface area contributed by atoms with Gasteiger partial charge in [-0.15, -0.1) is 0 Å². The monoisotopic (exact) mass is 369 g/mol. The van der Waals surface area contributed by atoms with Gasteiger partial charge in [0.2, 0.25) is 10.0 Å². The van der Waals surface area contributed by atoms with Crippen LogP contribution in [0.1, 0.15) is 26.7 Å². The number of sulfonamides is 1. The lowest BCUT2D eigenvalue weighted by Gasteiger charge is -2.37. The molecule has 1 saturated heterocycles. The molecule has 0 spiro atoms. The molecule has 7 nitrogen and oxygen atoms in total. The second-order valence-electron chi connectivity index (χ2n) is 5.74. The van der Waals surface area contributed by atoms with E-state index in [1.807, 2.05) is 0 Å². The maximum Gasteiger partial charge on any atom is 0.323 e. The van der Waals surface area contributed by atoms with E-state index < -0.39 is 27.4 Å². The van der Waals surface area contributed by atoms with E-state index in [0.717, 1.165) is 0 Å². The number of carbonyl (C=O) groups is 2. The van der Waals surface area contributed by atoms with Gasteiger partial charge in [0, 0.05) is 13.1 Å². The molecule has 8 heteroatoms. The highest BCUT2D eigenvalue weighted by molar-refractivity contribution is 7.89. The maximum absolute atomic E-state index is 12.7. The minimum Gasteiger partial charge on any atom is -0.465 e. The van der Waals surface area contributed by atoms with Crippen LogP contribution in [0, 0.1) is 5.41 Å². The van der Waals surface area contributed by atoms with Gasteiger partial charge in [-0.25, -0.2) is 8.42 Å². The quantitative estimate of drug-likeness (QED) is 0.559. The van der Waals surface area contributed by atoms with Gasteiger partial charge in [0.1, 0.15) is 0 Å². The van der Waals surface area contributed by atoms with Gasteiger partial charge in [-0.3, -0.25) is 9.59 Å². The van der Waals surface area contributed by atoms with Crippen molar-refractivity contribution in [2.24, 2.45) is 5.41 Å². The summed E-state index contributed by atoms with van der Waals surface area (Å²) in [6.45, 7) is 3.71. The SMILES string of the molecule is CCOC(=O)C1(C(=O)OCC)CCN(S(=O)(=O)c2ccccc2)CC1. The highest BCUT2D eigenvalue weighted by Crippen LogP contribution is 2.36. The Labute approximate surface area is 148 Å². The number of hydrogen-bond acceptors (Lipinski definition) is 6. The first-order chi connectivity index (χ1) is 11.9. The van der Waals surface area contributed by atoms with Crippen molar-refractivity contribution in [1.29, 1.82) is 0 Å². The third kappa shape index (κ3) is 3.85. The topological polar surface area (TPSA) is 90.0 Å². The molecule has 1 fully saturated rings. The van der Waals surface area contributed by atoms with Gasteiger partial charge in [-0.05, 0) is 38.8 Å². The highest BCUT2D eigenvalue weighted by atomic mass is 32.2. The number of piperidine rings is 1. The molecule has 1 aliphatic heterocycles. The van der Waals surface area contributed by atoms with Crippen LogP contribution in [0.4, 0.5) is 0 Å². The van der Waals surface area contributed by atoms with E-state index in [0.29, 0.717) is 0 Å². The van der Waals surface area contributed by atoms with E-state index in [1.165, 1.54) is 16.4 Å². The predicted octanol–water partition coefficient (Wildman–Crippen LogP) is 1.58. The number of nitrogens with zero attached hydrogens (tertiary/aromatic N) is 1. The van der Waals surface area contributed by atoms with Crippen molar-refractivity contribution in [3.63, 3.8) is 0 Å². The normalized spacial score (nSPS) is 17.7. The highest BCUT2D eigenvalue weighted by Gasteiger charge is 2.52. The van der Waals surface area contributed by atoms with Gasteiger partial charge in [0.25, 0.3) is 0 Å². The van der Waals surface area contributed by atoms with Crippen LogP contribution in [-0.2, 0) is 29.1 Å². The lowest BCUT2D eigenvalue weighted by molar-refractivity contribution is -0.175. The molecule has 1 heterocycles. The Kier molecular flexibility index (Phi) is 6.18. The van der Waals surface area contributed by atoms with E-state index >= 15 is 0 Å². The van der Waals surface area contributed by atoms with Gasteiger partial charge in [0.05, 0.1) is 18.1 Å². The summed E-state index contributed by atoms with van der Waals surface area (Å²) in [7, 11) is -3.66. The van der Waals surface area contributed by atoms with Crippen LogP contribution in [0.3, 0.4) is 0 Å². The molecule has 0 saturated carbocycles. The molecule has 0 atom stereocenters. The van der Waals surface area contributed by atoms with Gasteiger partial charge in [-0.2, -0.15) is 4.31 Å². The third-order valence-electron chi connectivity index (χ3n) is 4.29. The molecule has 0 aliphatic carbocycles. The fourth-order valence-corrected chi connectivity index (χ4v) is 4.34. The molecule has 25 heavy (non-hydrogen) atoms. The second-order valence-corrected chi connectivity index (χ2v) is 7.68. The lowest BCUT2D eigenvalue weighted by Crippen LogP contribution is -2.51. The average Bonchev–Trinajstić information content (AvgIpc) is 2.63. The third-order valence-corrected chi connectivity index (χ3v) is 6.20. The zero-order chi connectivity index (χ0) is 18.5. The van der Waals surface area contributed by atoms with E-state index in [2.05, 4.69) is 0 Å². The molecular weight excluding hydrogens is 346 g/mol. The number of carbonyl (C=O) groups excluding carboxylic acids is 2. The van der Waals surface area contributed by atoms with E-state index in [9.17, 15) is 18.0 Å². The Morgan fingerprint density at radius 2 is 1.48 bits per heavy atom. The molecule has 1 aliphatic rings. The Balaban J connectivity index is 2.21. The van der Waals surface area contributed by atoms with Crippen LogP contribution in [-0.4, -0.2) is 51.0 Å². The summed E-state index contributed by atoms with van der Waals surface area (Å²) >= 11 is 0. The number of hydrogen-bond donors (Lipinski definition) is 0. The van der Waals surface area contributed by atoms with Crippen molar-refractivity contribution < 1.29 is 27.5 Å². The molecule has 138 valence electrons. The Hall–Kier alpha value is -1.93. The molecule has 0 radical (unpaired) electrons. The predicted molar refractivity (Wildman–Crippen MR) is 90.1 cm³/mol. The average molecular weight is 369 g/mol. The Morgan fingerprint density at radius 3 is 1.92 bits per heavy atom. The largest absolute Gasteiger partial charge is 0.465 e. The number of esters is 2. The summed E-state index contributed by atoms with van der Waals surface area (Å²) in [6, 6.07) is 8.08. The van der Waals surface area contributed by atoms with Crippen LogP contribution >= 0.6 is 0 Å². The van der Waals surface area contributed by atoms with Crippen LogP contribution in [0.5, 0.6) is 0 Å². The van der Waals surface area contributed by atoms with Crippen LogP contribution in [0.25, 0.3) is 0 Å². The fourth-order valence-electron chi connectivity index (χ4n) is 2.88. The molecule has 2 rings (SSSR count). The Bertz CT molecular complexity index is 688. The standard InChI is InChI=1S/C17H23NO6S/c1-3-23-15(19)17(16(20)24-4-2)10-12-18(13-11-17)25(21,22)14-8-6-5-7-9-14/h5-9H,3-4,10-13H2,1-2H3. The first-order valence-corrected chi connectivity index (χ1v) is 9.72. The molecule has 1 aromatic carbocycles. The Morgan fingerprint density at radius 1 is 1.00 bits per heavy atom. The summed E-state index contributed by atoms with van der Waals surface area (Å²) in [4.78, 5) is 24.9. The van der Waals surface area contributed by atoms with Crippen molar-refractivity contribution in [2.45, 2.75) is 31.6 Å². The molecule has 1 aromatic rings. The van der Waals surface area contributed by atoms with E-state index in [-0.39, 0.29) is 44.0 Å². The van der Waals surface area contributed by atoms with Gasteiger partial charge >= 0.3 is 11.9 Å². The molecule has 0 unspecified atom stereocenters. The molecule has 0 N–H and O–H groups in total. The zero-order valence-corrected chi connectivity index (χ0v) is 15.3. The number of rotatable bonds is 6. The van der Waals surface area contributed by atoms with Crippen molar-refractivity contribution >= 4 is 22.0 Å². The lowest BCUT2D eigenvalue weighted by atomic mass is 9.79. The summed E-state index contributed by atoms with van der Waals surface area (Å²) in [5, 5.41) is 0. The second kappa shape index (κ2) is 7.97. The maximum atomic E-state index is 12.7. The fraction of sp³-hybridized carbons (Fsp3) is 0.529. The van der Waals surface area contributed by atoms with Crippen molar-refractivity contribution in [2.75, 3.05) is 26.3 Å². The van der Waals surface area contributed by atoms with Crippen LogP contribution in [0.2, 0.25) is 0 Å². The van der Waals surface area contributed by atoms with E-state index in [1.54, 1.807) is 32.0 Å². The van der Waals surface area contributed by atoms with Crippen LogP contribution < -0.4 is 0 Å². The van der Waals surface area contributed by atoms with Gasteiger partial charge in [-0.1, -0.05) is 18.2 Å². The summed E-state index contributed by atoms with van der Waals surface area (Å²) in [5.74, 6) is -1.30. The van der Waals surface area contributed by atoms with Gasteiger partial charge in [0.15, 0.2) is 5.41 Å². The smallest absolute Gasteiger partial charge is 0.323 e. The molecule has 0 bridgehead atoms. The van der Waals surface area contributed by atoms with Crippen molar-refractivity contribution in [1.82, 2.24) is 4.31 Å². The van der Waals surface area contributed by atoms with Crippen molar-refractivity contribution in [3.8, 4) is 0 Å². The summed E-state index contributed by atoms with van der Waals surface area (Å²) < 4.78 is 36.8. The number of ether oxygens (including phenoxy) is 2. The minimum atomic E-state index is -3.66. The van der Waals surface area contributed by atoms with Gasteiger partial charge < -0.3 is 9.47 Å². The molecular formula is C17H23NO6S. The summed E-state index contributed by atoms with van der Waals surface area (Å²) in [6.07, 6.45) is 0.0768. The van der Waals surface area contributed by atoms with Crippen LogP contribution in [0.15, 0.2) is 35.2 Å². The van der Waals surface area contributed by atoms with Crippen molar-refractivity contribution in [3.05, 3.63) is 30.3 Å². The number of benzene rings is 1. The molecule has 0 aromatic heterocycles. The first-order valence-electron chi connectivity index (χ1n) is 8.28. The molecule has 0 amide bonds.